The number of nitrogens with one attached hydrogen (secondary N) is 1. The maximum Gasteiger partial charge on any atom is 0.300 e. The number of carbonyl (C=O) groups excluding carboxylic acids is 1. The molecule has 6 heteroatoms. The van der Waals surface area contributed by atoms with Crippen LogP contribution in [-0.2, 0) is 4.79 Å². The zero-order valence-corrected chi connectivity index (χ0v) is 12.6. The average molecular weight is 288 g/mol. The number of oxazole rings is 1. The molecule has 2 aromatic rings. The normalized spacial score (nSPS) is 19.2. The van der Waals surface area contributed by atoms with Gasteiger partial charge in [0.25, 0.3) is 6.01 Å². The molecule has 112 valence electrons. The lowest BCUT2D eigenvalue weighted by Crippen LogP contribution is -2.43. The van der Waals surface area contributed by atoms with E-state index >= 15 is 0 Å². The number of fused-ring (bicyclic) bond motifs is 1. The van der Waals surface area contributed by atoms with Crippen LogP contribution in [0.15, 0.2) is 22.7 Å². The molecule has 1 amide bonds. The number of aromatic nitrogens is 2. The van der Waals surface area contributed by atoms with Gasteiger partial charge in [-0.15, -0.1) is 0 Å². The van der Waals surface area contributed by atoms with Crippen LogP contribution in [0.3, 0.4) is 0 Å². The van der Waals surface area contributed by atoms with Gasteiger partial charge in [-0.3, -0.25) is 4.79 Å². The van der Waals surface area contributed by atoms with Crippen LogP contribution in [-0.4, -0.2) is 35.0 Å². The molecule has 0 spiro atoms. The molecule has 1 fully saturated rings. The molecule has 0 aliphatic carbocycles. The topological polar surface area (TPSA) is 71.3 Å². The van der Waals surface area contributed by atoms with Gasteiger partial charge in [0, 0.05) is 30.7 Å². The van der Waals surface area contributed by atoms with Gasteiger partial charge in [0.15, 0.2) is 5.58 Å². The molecule has 2 aromatic heterocycles. The van der Waals surface area contributed by atoms with Crippen molar-refractivity contribution >= 4 is 23.2 Å². The van der Waals surface area contributed by atoms with E-state index < -0.39 is 0 Å². The molecule has 3 rings (SSSR count). The van der Waals surface area contributed by atoms with Crippen molar-refractivity contribution in [3.05, 3.63) is 18.3 Å². The second-order valence-electron chi connectivity index (χ2n) is 6.48. The van der Waals surface area contributed by atoms with Crippen LogP contribution in [0.5, 0.6) is 0 Å². The molecule has 1 aliphatic rings. The Balaban J connectivity index is 1.68. The lowest BCUT2D eigenvalue weighted by Gasteiger charge is -2.21. The minimum atomic E-state index is -0.366. The van der Waals surface area contributed by atoms with Gasteiger partial charge in [-0.2, -0.15) is 4.98 Å². The molecule has 1 aliphatic heterocycles. The van der Waals surface area contributed by atoms with Gasteiger partial charge in [-0.25, -0.2) is 4.98 Å². The first-order valence-electron chi connectivity index (χ1n) is 7.21. The fraction of sp³-hybridized carbons (Fsp3) is 0.533. The van der Waals surface area contributed by atoms with Gasteiger partial charge >= 0.3 is 0 Å². The summed E-state index contributed by atoms with van der Waals surface area (Å²) < 4.78 is 5.71. The van der Waals surface area contributed by atoms with Crippen molar-refractivity contribution in [2.45, 2.75) is 33.2 Å². The Morgan fingerprint density at radius 1 is 1.48 bits per heavy atom. The van der Waals surface area contributed by atoms with Crippen molar-refractivity contribution in [1.82, 2.24) is 15.3 Å². The second-order valence-corrected chi connectivity index (χ2v) is 6.48. The first-order valence-corrected chi connectivity index (χ1v) is 7.21. The van der Waals surface area contributed by atoms with Gasteiger partial charge in [-0.05, 0) is 18.6 Å². The number of rotatable bonds is 2. The van der Waals surface area contributed by atoms with Gasteiger partial charge in [0.05, 0.1) is 0 Å². The van der Waals surface area contributed by atoms with E-state index in [9.17, 15) is 4.79 Å². The molecular weight excluding hydrogens is 268 g/mol. The summed E-state index contributed by atoms with van der Waals surface area (Å²) in [5.41, 5.74) is 0.943. The zero-order chi connectivity index (χ0) is 15.0. The fourth-order valence-corrected chi connectivity index (χ4v) is 2.35. The first kappa shape index (κ1) is 13.9. The predicted octanol–water partition coefficient (Wildman–Crippen LogP) is 1.96. The van der Waals surface area contributed by atoms with Crippen LogP contribution in [0.1, 0.15) is 27.2 Å². The average Bonchev–Trinajstić information content (AvgIpc) is 3.02. The monoisotopic (exact) mass is 288 g/mol. The van der Waals surface area contributed by atoms with E-state index in [0.29, 0.717) is 23.8 Å². The third-order valence-corrected chi connectivity index (χ3v) is 3.63. The Kier molecular flexibility index (Phi) is 3.31. The molecule has 0 aromatic carbocycles. The minimum Gasteiger partial charge on any atom is -0.422 e. The smallest absolute Gasteiger partial charge is 0.300 e. The lowest BCUT2D eigenvalue weighted by molar-refractivity contribution is -0.129. The summed E-state index contributed by atoms with van der Waals surface area (Å²) in [4.78, 5) is 22.6. The lowest BCUT2D eigenvalue weighted by atomic mass is 9.95. The summed E-state index contributed by atoms with van der Waals surface area (Å²) in [5.74, 6) is 0.0774. The molecule has 21 heavy (non-hydrogen) atoms. The summed E-state index contributed by atoms with van der Waals surface area (Å²) in [6, 6.07) is 4.40. The maximum absolute atomic E-state index is 12.0. The highest BCUT2D eigenvalue weighted by molar-refractivity contribution is 5.81. The molecule has 1 unspecified atom stereocenters. The Labute approximate surface area is 123 Å². The van der Waals surface area contributed by atoms with Crippen LogP contribution in [0.4, 0.5) is 6.01 Å². The van der Waals surface area contributed by atoms with Crippen LogP contribution in [0.25, 0.3) is 11.2 Å². The van der Waals surface area contributed by atoms with Gasteiger partial charge in [0.1, 0.15) is 0 Å². The van der Waals surface area contributed by atoms with Crippen LogP contribution in [0.2, 0.25) is 0 Å². The van der Waals surface area contributed by atoms with E-state index in [2.05, 4.69) is 20.2 Å². The Bertz CT molecular complexity index is 626. The minimum absolute atomic E-state index is 0.0774. The van der Waals surface area contributed by atoms with E-state index in [0.717, 1.165) is 13.0 Å². The number of pyridine rings is 1. The molecule has 0 saturated carbocycles. The highest BCUT2D eigenvalue weighted by atomic mass is 16.4. The van der Waals surface area contributed by atoms with Crippen molar-refractivity contribution in [1.29, 1.82) is 0 Å². The SMILES string of the molecule is CC(C)(C)C(=O)NC1CCN(c2nc3ncccc3o2)C1. The fourth-order valence-electron chi connectivity index (χ4n) is 2.35. The zero-order valence-electron chi connectivity index (χ0n) is 12.6. The van der Waals surface area contributed by atoms with Gasteiger partial charge < -0.3 is 14.6 Å². The number of hydrogen-bond donors (Lipinski definition) is 1. The summed E-state index contributed by atoms with van der Waals surface area (Å²) in [5, 5.41) is 3.09. The van der Waals surface area contributed by atoms with Crippen molar-refractivity contribution in [3.63, 3.8) is 0 Å². The van der Waals surface area contributed by atoms with E-state index in [-0.39, 0.29) is 17.4 Å². The summed E-state index contributed by atoms with van der Waals surface area (Å²) in [6.07, 6.45) is 2.60. The molecule has 6 nitrogen and oxygen atoms in total. The molecule has 1 atom stereocenters. The van der Waals surface area contributed by atoms with Gasteiger partial charge in [0.2, 0.25) is 11.6 Å². The maximum atomic E-state index is 12.0. The number of carbonyl (C=O) groups is 1. The van der Waals surface area contributed by atoms with Crippen molar-refractivity contribution in [2.24, 2.45) is 5.41 Å². The second kappa shape index (κ2) is 5.02. The molecule has 1 N–H and O–H groups in total. The Hall–Kier alpha value is -2.11. The molecule has 0 radical (unpaired) electrons. The highest BCUT2D eigenvalue weighted by Gasteiger charge is 2.30. The number of hydrogen-bond acceptors (Lipinski definition) is 5. The highest BCUT2D eigenvalue weighted by Crippen LogP contribution is 2.24. The number of nitrogens with zero attached hydrogens (tertiary/aromatic N) is 3. The largest absolute Gasteiger partial charge is 0.422 e. The van der Waals surface area contributed by atoms with E-state index in [4.69, 9.17) is 4.42 Å². The third kappa shape index (κ3) is 2.84. The summed E-state index contributed by atoms with van der Waals surface area (Å²) in [7, 11) is 0. The standard InChI is InChI=1S/C15H20N4O2/c1-15(2,3)13(20)17-10-6-8-19(9-10)14-18-12-11(21-14)5-4-7-16-12/h4-5,7,10H,6,8-9H2,1-3H3,(H,17,20). The van der Waals surface area contributed by atoms with Crippen molar-refractivity contribution in [2.75, 3.05) is 18.0 Å². The number of anilines is 1. The van der Waals surface area contributed by atoms with Crippen LogP contribution < -0.4 is 10.2 Å². The molecule has 3 heterocycles. The molecular formula is C15H20N4O2. The predicted molar refractivity (Wildman–Crippen MR) is 80.0 cm³/mol. The van der Waals surface area contributed by atoms with E-state index in [1.165, 1.54) is 0 Å². The van der Waals surface area contributed by atoms with Crippen LogP contribution in [0, 0.1) is 5.41 Å². The summed E-state index contributed by atoms with van der Waals surface area (Å²) in [6.45, 7) is 7.29. The van der Waals surface area contributed by atoms with Crippen molar-refractivity contribution in [3.8, 4) is 0 Å². The molecule has 0 bridgehead atoms. The van der Waals surface area contributed by atoms with E-state index in [1.54, 1.807) is 6.20 Å². The quantitative estimate of drug-likeness (QED) is 0.914. The van der Waals surface area contributed by atoms with Gasteiger partial charge in [-0.1, -0.05) is 20.8 Å². The van der Waals surface area contributed by atoms with E-state index in [1.807, 2.05) is 32.9 Å². The van der Waals surface area contributed by atoms with Crippen molar-refractivity contribution < 1.29 is 9.21 Å². The van der Waals surface area contributed by atoms with Crippen LogP contribution >= 0.6 is 0 Å². The molecule has 1 saturated heterocycles. The Morgan fingerprint density at radius 3 is 3.00 bits per heavy atom. The Morgan fingerprint density at radius 2 is 2.29 bits per heavy atom. The third-order valence-electron chi connectivity index (χ3n) is 3.63. The first-order chi connectivity index (χ1) is 9.93. The summed E-state index contributed by atoms with van der Waals surface area (Å²) >= 11 is 0. The number of amides is 1.